The fourth-order valence-corrected chi connectivity index (χ4v) is 1.86. The molecule has 0 unspecified atom stereocenters. The van der Waals surface area contributed by atoms with E-state index in [-0.39, 0.29) is 0 Å². The van der Waals surface area contributed by atoms with Crippen LogP contribution in [0.25, 0.3) is 0 Å². The third-order valence-electron chi connectivity index (χ3n) is 3.34. The number of amides is 1. The highest BCUT2D eigenvalue weighted by molar-refractivity contribution is 5.84. The maximum absolute atomic E-state index is 11.5. The number of ether oxygens (including phenoxy) is 3. The van der Waals surface area contributed by atoms with Gasteiger partial charge in [0.15, 0.2) is 0 Å². The van der Waals surface area contributed by atoms with Crippen LogP contribution in [0.5, 0.6) is 5.75 Å². The van der Waals surface area contributed by atoms with Crippen LogP contribution in [0.3, 0.4) is 0 Å². The molecule has 6 heteroatoms. The fourth-order valence-electron chi connectivity index (χ4n) is 1.86. The Morgan fingerprint density at radius 1 is 1.17 bits per heavy atom. The van der Waals surface area contributed by atoms with Gasteiger partial charge in [-0.05, 0) is 63.6 Å². The number of allylic oxidation sites excluding steroid dienone is 2. The average Bonchev–Trinajstić information content (AvgIpc) is 2.72. The summed E-state index contributed by atoms with van der Waals surface area (Å²) in [7, 11) is 3.37. The van der Waals surface area contributed by atoms with Crippen molar-refractivity contribution in [2.75, 3.05) is 39.3 Å². The molecule has 0 radical (unpaired) electrons. The number of anilines is 1. The summed E-state index contributed by atoms with van der Waals surface area (Å²) >= 11 is 0. The molecule has 0 aromatic heterocycles. The van der Waals surface area contributed by atoms with Crippen molar-refractivity contribution in [2.45, 2.75) is 53.9 Å². The highest BCUT2D eigenvalue weighted by atomic mass is 16.5. The normalized spacial score (nSPS) is 10.0. The van der Waals surface area contributed by atoms with E-state index < -0.39 is 6.09 Å². The zero-order valence-corrected chi connectivity index (χ0v) is 19.3. The third kappa shape index (κ3) is 18.8. The third-order valence-corrected chi connectivity index (χ3v) is 3.34. The molecular formula is C23H40N2O4. The van der Waals surface area contributed by atoms with Crippen molar-refractivity contribution in [1.82, 2.24) is 0 Å². The van der Waals surface area contributed by atoms with E-state index >= 15 is 0 Å². The molecule has 0 saturated carbocycles. The van der Waals surface area contributed by atoms with Crippen LogP contribution in [0.2, 0.25) is 0 Å². The highest BCUT2D eigenvalue weighted by Crippen LogP contribution is 2.22. The summed E-state index contributed by atoms with van der Waals surface area (Å²) in [4.78, 5) is 15.1. The van der Waals surface area contributed by atoms with Gasteiger partial charge in [0.1, 0.15) is 5.75 Å². The molecule has 1 N–H and O–H groups in total. The van der Waals surface area contributed by atoms with Crippen molar-refractivity contribution < 1.29 is 19.0 Å². The first-order valence-corrected chi connectivity index (χ1v) is 10.1. The minimum atomic E-state index is -0.456. The fraction of sp³-hybridized carbons (Fsp3) is 0.565. The predicted molar refractivity (Wildman–Crippen MR) is 124 cm³/mol. The van der Waals surface area contributed by atoms with Crippen LogP contribution in [0.1, 0.15) is 52.5 Å². The van der Waals surface area contributed by atoms with E-state index in [0.29, 0.717) is 31.9 Å². The number of rotatable bonds is 9. The molecule has 166 valence electrons. The quantitative estimate of drug-likeness (QED) is 0.307. The van der Waals surface area contributed by atoms with E-state index in [9.17, 15) is 4.79 Å². The molecule has 0 spiro atoms. The number of hydrogen-bond acceptors (Lipinski definition) is 5. The van der Waals surface area contributed by atoms with Crippen LogP contribution >= 0.6 is 0 Å². The number of hydrogen-bond donors (Lipinski definition) is 1. The number of nitrogens with zero attached hydrogens (tertiary/aromatic N) is 1. The molecule has 1 rings (SSSR count). The molecule has 0 bridgehead atoms. The van der Waals surface area contributed by atoms with Crippen LogP contribution in [-0.2, 0) is 9.47 Å². The number of carbonyl (C=O) groups is 1. The number of aliphatic imine (C=N–C) groups is 1. The van der Waals surface area contributed by atoms with E-state index in [2.05, 4.69) is 36.3 Å². The predicted octanol–water partition coefficient (Wildman–Crippen LogP) is 6.05. The van der Waals surface area contributed by atoms with E-state index in [1.807, 2.05) is 32.9 Å². The van der Waals surface area contributed by atoms with Crippen molar-refractivity contribution in [2.24, 2.45) is 4.99 Å². The van der Waals surface area contributed by atoms with Gasteiger partial charge in [0, 0.05) is 32.9 Å². The minimum Gasteiger partial charge on any atom is -0.493 e. The average molecular weight is 409 g/mol. The molecule has 0 aliphatic rings. The summed E-state index contributed by atoms with van der Waals surface area (Å²) < 4.78 is 15.5. The smallest absolute Gasteiger partial charge is 0.411 e. The largest absolute Gasteiger partial charge is 0.493 e. The first-order chi connectivity index (χ1) is 14.0. The lowest BCUT2D eigenvalue weighted by Crippen LogP contribution is -2.15. The zero-order valence-electron chi connectivity index (χ0n) is 19.3. The minimum absolute atomic E-state index is 0.344. The molecule has 1 aromatic rings. The Balaban J connectivity index is 0. The number of methoxy groups -OCH3 is 1. The second-order valence-corrected chi connectivity index (χ2v) is 5.93. The van der Waals surface area contributed by atoms with Crippen LogP contribution in [-0.4, -0.2) is 46.3 Å². The monoisotopic (exact) mass is 408 g/mol. The lowest BCUT2D eigenvalue weighted by Gasteiger charge is -2.11. The van der Waals surface area contributed by atoms with Crippen LogP contribution in [0.15, 0.2) is 35.3 Å². The molecule has 1 amide bonds. The van der Waals surface area contributed by atoms with Gasteiger partial charge in [-0.3, -0.25) is 5.32 Å². The van der Waals surface area contributed by atoms with Crippen molar-refractivity contribution in [3.05, 3.63) is 35.9 Å². The van der Waals surface area contributed by atoms with E-state index in [1.54, 1.807) is 26.4 Å². The first kappa shape index (κ1) is 28.9. The van der Waals surface area contributed by atoms with Gasteiger partial charge < -0.3 is 19.2 Å². The summed E-state index contributed by atoms with van der Waals surface area (Å²) in [5, 5.41) is 2.69. The molecular weight excluding hydrogens is 368 g/mol. The van der Waals surface area contributed by atoms with E-state index in [1.165, 1.54) is 0 Å². The second-order valence-electron chi connectivity index (χ2n) is 5.93. The molecule has 29 heavy (non-hydrogen) atoms. The van der Waals surface area contributed by atoms with Gasteiger partial charge in [-0.15, -0.1) is 0 Å². The second kappa shape index (κ2) is 22.0. The van der Waals surface area contributed by atoms with Crippen LogP contribution in [0, 0.1) is 6.92 Å². The maximum atomic E-state index is 11.5. The van der Waals surface area contributed by atoms with E-state index in [0.717, 1.165) is 24.2 Å². The lowest BCUT2D eigenvalue weighted by atomic mass is 10.2. The molecule has 0 aliphatic carbocycles. The standard InChI is InChI=1S/C15H23NO4.C5H10.C3H7N/c1-4-8-19-14-7-6-13(11-12(14)2)16-15(17)20-10-5-9-18-3;1-3-5-4-2;1-3-4-2/h6-7,11H,4-5,8-10H2,1-3H3,(H,16,17);3,5H,4H2,1-2H3;3H,1-2H3/b;5-3+;. The van der Waals surface area contributed by atoms with Gasteiger partial charge in [-0.2, -0.15) is 0 Å². The van der Waals surface area contributed by atoms with Gasteiger partial charge in [0.25, 0.3) is 0 Å². The summed E-state index contributed by atoms with van der Waals surface area (Å²) in [6.45, 7) is 11.7. The Hall–Kier alpha value is -2.34. The highest BCUT2D eigenvalue weighted by Gasteiger charge is 2.05. The SMILES string of the molecule is C/C=C/CC.CC=NC.CCCOc1ccc(NC(=O)OCCCOC)cc1C. The Bertz CT molecular complexity index is 568. The van der Waals surface area contributed by atoms with Crippen molar-refractivity contribution in [3.63, 3.8) is 0 Å². The topological polar surface area (TPSA) is 69.2 Å². The van der Waals surface area contributed by atoms with Crippen molar-refractivity contribution >= 4 is 18.0 Å². The molecule has 0 fully saturated rings. The van der Waals surface area contributed by atoms with Crippen LogP contribution < -0.4 is 10.1 Å². The Morgan fingerprint density at radius 3 is 2.31 bits per heavy atom. The van der Waals surface area contributed by atoms with Gasteiger partial charge >= 0.3 is 6.09 Å². The number of benzene rings is 1. The zero-order chi connectivity index (χ0) is 22.3. The lowest BCUT2D eigenvalue weighted by molar-refractivity contribution is 0.134. The maximum Gasteiger partial charge on any atom is 0.411 e. The first-order valence-electron chi connectivity index (χ1n) is 10.1. The van der Waals surface area contributed by atoms with Gasteiger partial charge in [-0.25, -0.2) is 4.79 Å². The van der Waals surface area contributed by atoms with Gasteiger partial charge in [0.05, 0.1) is 13.2 Å². The Kier molecular flexibility index (Phi) is 21.9. The molecule has 1 aromatic carbocycles. The summed E-state index contributed by atoms with van der Waals surface area (Å²) in [5.41, 5.74) is 1.68. The molecule has 0 aliphatic heterocycles. The molecule has 0 saturated heterocycles. The summed E-state index contributed by atoms with van der Waals surface area (Å²) in [5.74, 6) is 0.839. The van der Waals surface area contributed by atoms with Crippen molar-refractivity contribution in [3.8, 4) is 5.75 Å². The van der Waals surface area contributed by atoms with Crippen LogP contribution in [0.4, 0.5) is 10.5 Å². The van der Waals surface area contributed by atoms with Gasteiger partial charge in [-0.1, -0.05) is 26.0 Å². The number of carbonyl (C=O) groups excluding carboxylic acids is 1. The van der Waals surface area contributed by atoms with Crippen molar-refractivity contribution in [1.29, 1.82) is 0 Å². The Labute approximate surface area is 177 Å². The molecule has 0 atom stereocenters. The van der Waals surface area contributed by atoms with Gasteiger partial charge in [0.2, 0.25) is 0 Å². The van der Waals surface area contributed by atoms with E-state index in [4.69, 9.17) is 14.2 Å². The Morgan fingerprint density at radius 2 is 1.86 bits per heavy atom. The summed E-state index contributed by atoms with van der Waals surface area (Å²) in [6.07, 6.45) is 8.29. The number of nitrogens with one attached hydrogen (secondary N) is 1. The summed E-state index contributed by atoms with van der Waals surface area (Å²) in [6, 6.07) is 5.52. The molecule has 6 nitrogen and oxygen atoms in total. The number of aryl methyl sites for hydroxylation is 1. The molecule has 0 heterocycles.